The molecule has 22 heavy (non-hydrogen) atoms. The van der Waals surface area contributed by atoms with E-state index in [1.54, 1.807) is 0 Å². The zero-order valence-electron chi connectivity index (χ0n) is 14.1. The molecular weight excluding hydrogens is 278 g/mol. The SMILES string of the molecule is CC(C)C(=O)N1CCCN(C(=O)CCC2CCNCC2)CC1. The van der Waals surface area contributed by atoms with Crippen molar-refractivity contribution in [3.05, 3.63) is 0 Å². The van der Waals surface area contributed by atoms with Gasteiger partial charge in [-0.05, 0) is 44.7 Å². The molecule has 0 aromatic heterocycles. The summed E-state index contributed by atoms with van der Waals surface area (Å²) >= 11 is 0. The highest BCUT2D eigenvalue weighted by atomic mass is 16.2. The number of nitrogens with one attached hydrogen (secondary N) is 1. The van der Waals surface area contributed by atoms with Gasteiger partial charge in [0.05, 0.1) is 0 Å². The summed E-state index contributed by atoms with van der Waals surface area (Å²) in [5.74, 6) is 1.24. The van der Waals surface area contributed by atoms with Crippen molar-refractivity contribution in [3.63, 3.8) is 0 Å². The molecule has 0 aromatic carbocycles. The zero-order chi connectivity index (χ0) is 15.9. The fourth-order valence-corrected chi connectivity index (χ4v) is 3.41. The quantitative estimate of drug-likeness (QED) is 0.856. The van der Waals surface area contributed by atoms with Crippen LogP contribution in [-0.4, -0.2) is 60.9 Å². The predicted octanol–water partition coefficient (Wildman–Crippen LogP) is 1.48. The molecule has 2 amide bonds. The number of piperidine rings is 1. The standard InChI is InChI=1S/C17H31N3O2/c1-14(2)17(22)20-11-3-10-19(12-13-20)16(21)5-4-15-6-8-18-9-7-15/h14-15,18H,3-13H2,1-2H3. The van der Waals surface area contributed by atoms with E-state index < -0.39 is 0 Å². The van der Waals surface area contributed by atoms with Gasteiger partial charge in [-0.25, -0.2) is 0 Å². The van der Waals surface area contributed by atoms with Crippen molar-refractivity contribution in [2.75, 3.05) is 39.3 Å². The summed E-state index contributed by atoms with van der Waals surface area (Å²) in [5, 5.41) is 3.37. The third kappa shape index (κ3) is 4.97. The van der Waals surface area contributed by atoms with Crippen molar-refractivity contribution >= 4 is 11.8 Å². The van der Waals surface area contributed by atoms with E-state index in [1.165, 1.54) is 12.8 Å². The monoisotopic (exact) mass is 309 g/mol. The van der Waals surface area contributed by atoms with Gasteiger partial charge in [0.25, 0.3) is 0 Å². The molecular formula is C17H31N3O2. The number of carbonyl (C=O) groups excluding carboxylic acids is 2. The lowest BCUT2D eigenvalue weighted by Gasteiger charge is -2.25. The third-order valence-corrected chi connectivity index (χ3v) is 4.88. The molecule has 5 nitrogen and oxygen atoms in total. The topological polar surface area (TPSA) is 52.7 Å². The molecule has 0 unspecified atom stereocenters. The second-order valence-electron chi connectivity index (χ2n) is 6.95. The van der Waals surface area contributed by atoms with E-state index in [9.17, 15) is 9.59 Å². The predicted molar refractivity (Wildman–Crippen MR) is 87.4 cm³/mol. The van der Waals surface area contributed by atoms with Crippen molar-refractivity contribution in [3.8, 4) is 0 Å². The second-order valence-corrected chi connectivity index (χ2v) is 6.95. The fourth-order valence-electron chi connectivity index (χ4n) is 3.41. The Hall–Kier alpha value is -1.10. The number of amides is 2. The van der Waals surface area contributed by atoms with Crippen LogP contribution >= 0.6 is 0 Å². The van der Waals surface area contributed by atoms with Gasteiger partial charge in [-0.2, -0.15) is 0 Å². The molecule has 0 aromatic rings. The minimum absolute atomic E-state index is 0.0437. The molecule has 2 fully saturated rings. The molecule has 1 N–H and O–H groups in total. The largest absolute Gasteiger partial charge is 0.341 e. The first-order chi connectivity index (χ1) is 10.6. The lowest BCUT2D eigenvalue weighted by molar-refractivity contribution is -0.135. The Kier molecular flexibility index (Phi) is 6.68. The van der Waals surface area contributed by atoms with E-state index in [2.05, 4.69) is 5.32 Å². The molecule has 0 atom stereocenters. The van der Waals surface area contributed by atoms with E-state index in [0.717, 1.165) is 39.0 Å². The highest BCUT2D eigenvalue weighted by molar-refractivity contribution is 5.79. The molecule has 2 heterocycles. The zero-order valence-corrected chi connectivity index (χ0v) is 14.1. The summed E-state index contributed by atoms with van der Waals surface area (Å²) in [6, 6.07) is 0. The molecule has 0 aliphatic carbocycles. The normalized spacial score (nSPS) is 21.0. The van der Waals surface area contributed by atoms with Gasteiger partial charge in [0.1, 0.15) is 0 Å². The Morgan fingerprint density at radius 2 is 1.68 bits per heavy atom. The Morgan fingerprint density at radius 3 is 2.36 bits per heavy atom. The summed E-state index contributed by atoms with van der Waals surface area (Å²) in [6.07, 6.45) is 4.99. The first-order valence-corrected chi connectivity index (χ1v) is 8.85. The van der Waals surface area contributed by atoms with Crippen molar-refractivity contribution in [2.24, 2.45) is 11.8 Å². The first kappa shape index (κ1) is 17.3. The maximum atomic E-state index is 12.4. The Morgan fingerprint density at radius 1 is 1.05 bits per heavy atom. The van der Waals surface area contributed by atoms with E-state index >= 15 is 0 Å². The molecule has 0 spiro atoms. The molecule has 2 rings (SSSR count). The van der Waals surface area contributed by atoms with Gasteiger partial charge in [-0.15, -0.1) is 0 Å². The van der Waals surface area contributed by atoms with Gasteiger partial charge in [-0.1, -0.05) is 13.8 Å². The maximum Gasteiger partial charge on any atom is 0.225 e. The van der Waals surface area contributed by atoms with E-state index in [1.807, 2.05) is 23.6 Å². The van der Waals surface area contributed by atoms with E-state index in [0.29, 0.717) is 25.4 Å². The van der Waals surface area contributed by atoms with Gasteiger partial charge in [0.2, 0.25) is 11.8 Å². The van der Waals surface area contributed by atoms with Crippen LogP contribution in [0.1, 0.15) is 46.0 Å². The summed E-state index contributed by atoms with van der Waals surface area (Å²) in [6.45, 7) is 9.04. The van der Waals surface area contributed by atoms with Crippen LogP contribution in [0.15, 0.2) is 0 Å². The van der Waals surface area contributed by atoms with Crippen molar-refractivity contribution in [1.82, 2.24) is 15.1 Å². The van der Waals surface area contributed by atoms with Gasteiger partial charge in [-0.3, -0.25) is 9.59 Å². The first-order valence-electron chi connectivity index (χ1n) is 8.85. The fraction of sp³-hybridized carbons (Fsp3) is 0.882. The maximum absolute atomic E-state index is 12.4. The minimum atomic E-state index is 0.0437. The second kappa shape index (κ2) is 8.51. The summed E-state index contributed by atoms with van der Waals surface area (Å²) < 4.78 is 0. The highest BCUT2D eigenvalue weighted by Crippen LogP contribution is 2.19. The molecule has 0 bridgehead atoms. The lowest BCUT2D eigenvalue weighted by Crippen LogP contribution is -2.39. The molecule has 0 radical (unpaired) electrons. The number of hydrogen-bond donors (Lipinski definition) is 1. The lowest BCUT2D eigenvalue weighted by atomic mass is 9.93. The average Bonchev–Trinajstić information content (AvgIpc) is 2.78. The van der Waals surface area contributed by atoms with Crippen LogP contribution < -0.4 is 5.32 Å². The number of rotatable bonds is 4. The Labute approximate surface area is 134 Å². The Balaban J connectivity index is 1.75. The van der Waals surface area contributed by atoms with Crippen LogP contribution in [0.25, 0.3) is 0 Å². The third-order valence-electron chi connectivity index (χ3n) is 4.88. The van der Waals surface area contributed by atoms with Crippen LogP contribution in [0.4, 0.5) is 0 Å². The number of carbonyl (C=O) groups is 2. The molecule has 2 aliphatic rings. The molecule has 2 saturated heterocycles. The summed E-state index contributed by atoms with van der Waals surface area (Å²) in [7, 11) is 0. The van der Waals surface area contributed by atoms with Gasteiger partial charge in [0.15, 0.2) is 0 Å². The van der Waals surface area contributed by atoms with Gasteiger partial charge in [0, 0.05) is 38.5 Å². The number of hydrogen-bond acceptors (Lipinski definition) is 3. The molecule has 2 aliphatic heterocycles. The summed E-state index contributed by atoms with van der Waals surface area (Å²) in [4.78, 5) is 28.4. The van der Waals surface area contributed by atoms with Crippen LogP contribution in [0, 0.1) is 11.8 Å². The molecule has 5 heteroatoms. The van der Waals surface area contributed by atoms with Crippen molar-refractivity contribution < 1.29 is 9.59 Å². The average molecular weight is 309 g/mol. The smallest absolute Gasteiger partial charge is 0.225 e. The Bertz CT molecular complexity index is 378. The van der Waals surface area contributed by atoms with Crippen LogP contribution in [0.5, 0.6) is 0 Å². The van der Waals surface area contributed by atoms with Gasteiger partial charge < -0.3 is 15.1 Å². The van der Waals surface area contributed by atoms with Gasteiger partial charge >= 0.3 is 0 Å². The van der Waals surface area contributed by atoms with Crippen molar-refractivity contribution in [1.29, 1.82) is 0 Å². The van der Waals surface area contributed by atoms with E-state index in [-0.39, 0.29) is 17.7 Å². The van der Waals surface area contributed by atoms with Crippen LogP contribution in [0.3, 0.4) is 0 Å². The highest BCUT2D eigenvalue weighted by Gasteiger charge is 2.24. The number of nitrogens with zero attached hydrogens (tertiary/aromatic N) is 2. The minimum Gasteiger partial charge on any atom is -0.341 e. The summed E-state index contributed by atoms with van der Waals surface area (Å²) in [5.41, 5.74) is 0. The van der Waals surface area contributed by atoms with Crippen LogP contribution in [-0.2, 0) is 9.59 Å². The van der Waals surface area contributed by atoms with Crippen molar-refractivity contribution in [2.45, 2.75) is 46.0 Å². The molecule has 126 valence electrons. The molecule has 0 saturated carbocycles. The van der Waals surface area contributed by atoms with Crippen LogP contribution in [0.2, 0.25) is 0 Å². The van der Waals surface area contributed by atoms with E-state index in [4.69, 9.17) is 0 Å².